The number of fused-ring (bicyclic) bond motifs is 1. The molecule has 1 aromatic rings. The highest BCUT2D eigenvalue weighted by Crippen LogP contribution is 2.39. The molecule has 0 saturated carbocycles. The monoisotopic (exact) mass is 424 g/mol. The minimum atomic E-state index is -3.95. The van der Waals surface area contributed by atoms with E-state index in [1.807, 2.05) is 6.92 Å². The maximum Gasteiger partial charge on any atom is 0.253 e. The number of nitrogens with two attached hydrogens (primary N) is 1. The molecule has 26 heavy (non-hydrogen) atoms. The molecule has 3 N–H and O–H groups in total. The number of hydrogen-bond acceptors (Lipinski definition) is 8. The molecule has 2 aliphatic heterocycles. The molecule has 12 heteroatoms. The van der Waals surface area contributed by atoms with Gasteiger partial charge in [0, 0.05) is 44.3 Å². The Labute approximate surface area is 158 Å². The maximum absolute atomic E-state index is 13.0. The van der Waals surface area contributed by atoms with Crippen molar-refractivity contribution in [1.29, 1.82) is 0 Å². The van der Waals surface area contributed by atoms with E-state index < -0.39 is 20.0 Å². The molecule has 9 nitrogen and oxygen atoms in total. The summed E-state index contributed by atoms with van der Waals surface area (Å²) < 4.78 is 56.0. The number of primary sulfonamides is 1. The van der Waals surface area contributed by atoms with Crippen LogP contribution in [0, 0.1) is 0 Å². The van der Waals surface area contributed by atoms with Crippen LogP contribution >= 0.6 is 11.3 Å². The first kappa shape index (κ1) is 20.1. The highest BCUT2D eigenvalue weighted by atomic mass is 32.3. The van der Waals surface area contributed by atoms with Crippen molar-refractivity contribution in [3.63, 3.8) is 0 Å². The Kier molecular flexibility index (Phi) is 6.04. The van der Waals surface area contributed by atoms with E-state index in [2.05, 4.69) is 10.2 Å². The molecule has 0 amide bonds. The summed E-state index contributed by atoms with van der Waals surface area (Å²) in [6, 6.07) is 1.13. The lowest BCUT2D eigenvalue weighted by molar-refractivity contribution is 0.0360. The summed E-state index contributed by atoms with van der Waals surface area (Å²) in [6.07, 6.45) is 0. The third-order valence-electron chi connectivity index (χ3n) is 4.54. The zero-order chi connectivity index (χ0) is 18.9. The average Bonchev–Trinajstić information content (AvgIpc) is 3.04. The summed E-state index contributed by atoms with van der Waals surface area (Å²) in [6.45, 7) is 6.67. The second-order valence-electron chi connectivity index (χ2n) is 6.28. The molecule has 0 radical (unpaired) electrons. The van der Waals surface area contributed by atoms with Gasteiger partial charge in [-0.05, 0) is 12.6 Å². The molecule has 1 saturated heterocycles. The van der Waals surface area contributed by atoms with Crippen LogP contribution < -0.4 is 10.5 Å². The van der Waals surface area contributed by atoms with E-state index in [0.717, 1.165) is 24.4 Å². The van der Waals surface area contributed by atoms with Crippen LogP contribution in [0.25, 0.3) is 0 Å². The second-order valence-corrected chi connectivity index (χ2v) is 11.3. The van der Waals surface area contributed by atoms with Crippen molar-refractivity contribution in [2.75, 3.05) is 52.5 Å². The van der Waals surface area contributed by atoms with E-state index in [1.165, 1.54) is 10.4 Å². The summed E-state index contributed by atoms with van der Waals surface area (Å²) >= 11 is 0.728. The Morgan fingerprint density at radius 1 is 1.35 bits per heavy atom. The van der Waals surface area contributed by atoms with Crippen molar-refractivity contribution in [3.05, 3.63) is 11.6 Å². The van der Waals surface area contributed by atoms with Crippen LogP contribution in [-0.2, 0) is 24.8 Å². The molecule has 0 spiro atoms. The summed E-state index contributed by atoms with van der Waals surface area (Å²) in [4.78, 5) is 2.17. The Balaban J connectivity index is 1.87. The Hall–Kier alpha value is -0.600. The first-order valence-electron chi connectivity index (χ1n) is 8.43. The van der Waals surface area contributed by atoms with Crippen molar-refractivity contribution in [1.82, 2.24) is 14.5 Å². The standard InChI is InChI=1S/C14H24N4O5S3/c1-2-16-12-10-18(4-3-17-5-7-23-8-6-17)26(21,22)14-11(12)9-13(24-14)25(15,19)20/h9,12,16H,2-8,10H2,1H3,(H2,15,19,20). The fourth-order valence-corrected chi connectivity index (χ4v) is 7.44. The van der Waals surface area contributed by atoms with Crippen molar-refractivity contribution in [2.45, 2.75) is 21.4 Å². The highest BCUT2D eigenvalue weighted by molar-refractivity contribution is 7.94. The highest BCUT2D eigenvalue weighted by Gasteiger charge is 2.39. The second kappa shape index (κ2) is 7.80. The fraction of sp³-hybridized carbons (Fsp3) is 0.714. The molecule has 1 unspecified atom stereocenters. The molecule has 1 fully saturated rings. The molecular weight excluding hydrogens is 400 g/mol. The minimum absolute atomic E-state index is 0.0701. The summed E-state index contributed by atoms with van der Waals surface area (Å²) in [7, 11) is -7.69. The van der Waals surface area contributed by atoms with Gasteiger partial charge in [-0.2, -0.15) is 4.31 Å². The number of nitrogens with one attached hydrogen (secondary N) is 1. The molecule has 3 rings (SSSR count). The van der Waals surface area contributed by atoms with Crippen molar-refractivity contribution in [2.24, 2.45) is 5.14 Å². The minimum Gasteiger partial charge on any atom is -0.379 e. The summed E-state index contributed by atoms with van der Waals surface area (Å²) in [5.74, 6) is 0. The number of thiophene rings is 1. The van der Waals surface area contributed by atoms with Gasteiger partial charge in [-0.3, -0.25) is 4.90 Å². The summed E-state index contributed by atoms with van der Waals surface area (Å²) in [5, 5.41) is 8.45. The van der Waals surface area contributed by atoms with Gasteiger partial charge in [0.2, 0.25) is 10.0 Å². The average molecular weight is 425 g/mol. The van der Waals surface area contributed by atoms with E-state index in [0.29, 0.717) is 38.4 Å². The first-order valence-corrected chi connectivity index (χ1v) is 12.2. The van der Waals surface area contributed by atoms with Gasteiger partial charge in [0.05, 0.1) is 13.2 Å². The van der Waals surface area contributed by atoms with Crippen LogP contribution in [0.3, 0.4) is 0 Å². The van der Waals surface area contributed by atoms with Crippen molar-refractivity contribution < 1.29 is 21.6 Å². The quantitative estimate of drug-likeness (QED) is 0.624. The SMILES string of the molecule is CCNC1CN(CCN2CCOCC2)S(=O)(=O)c2sc(S(N)(=O)=O)cc21. The van der Waals surface area contributed by atoms with Crippen LogP contribution in [0.1, 0.15) is 18.5 Å². The lowest BCUT2D eigenvalue weighted by atomic mass is 10.1. The topological polar surface area (TPSA) is 122 Å². The Morgan fingerprint density at radius 3 is 2.65 bits per heavy atom. The number of likely N-dealkylation sites (N-methyl/N-ethyl adjacent to an activating group) is 1. The molecule has 1 atom stereocenters. The van der Waals surface area contributed by atoms with E-state index in [9.17, 15) is 16.8 Å². The number of hydrogen-bond donors (Lipinski definition) is 2. The molecule has 3 heterocycles. The van der Waals surface area contributed by atoms with Gasteiger partial charge in [0.25, 0.3) is 10.0 Å². The van der Waals surface area contributed by atoms with Gasteiger partial charge in [0.15, 0.2) is 0 Å². The Bertz CT molecular complexity index is 846. The Morgan fingerprint density at radius 2 is 2.04 bits per heavy atom. The van der Waals surface area contributed by atoms with Gasteiger partial charge in [-0.25, -0.2) is 22.0 Å². The molecular formula is C14H24N4O5S3. The van der Waals surface area contributed by atoms with Gasteiger partial charge in [-0.15, -0.1) is 11.3 Å². The van der Waals surface area contributed by atoms with E-state index >= 15 is 0 Å². The third-order valence-corrected chi connectivity index (χ3v) is 9.50. The van der Waals surface area contributed by atoms with E-state index in [1.54, 1.807) is 0 Å². The van der Waals surface area contributed by atoms with Gasteiger partial charge in [0.1, 0.15) is 8.42 Å². The smallest absolute Gasteiger partial charge is 0.253 e. The molecule has 1 aromatic heterocycles. The number of nitrogens with zero attached hydrogens (tertiary/aromatic N) is 2. The molecule has 0 aliphatic carbocycles. The van der Waals surface area contributed by atoms with Crippen molar-refractivity contribution in [3.8, 4) is 0 Å². The van der Waals surface area contributed by atoms with Crippen molar-refractivity contribution >= 4 is 31.4 Å². The normalized spacial score (nSPS) is 24.5. The van der Waals surface area contributed by atoms with E-state index in [4.69, 9.17) is 9.88 Å². The number of ether oxygens (including phenoxy) is 1. The molecule has 0 bridgehead atoms. The maximum atomic E-state index is 13.0. The van der Waals surface area contributed by atoms with Crippen LogP contribution in [0.15, 0.2) is 14.5 Å². The zero-order valence-electron chi connectivity index (χ0n) is 14.5. The fourth-order valence-electron chi connectivity index (χ4n) is 3.18. The number of sulfonamides is 2. The van der Waals surface area contributed by atoms with Crippen LogP contribution in [0.4, 0.5) is 0 Å². The largest absolute Gasteiger partial charge is 0.379 e. The van der Waals surface area contributed by atoms with Gasteiger partial charge >= 0.3 is 0 Å². The van der Waals surface area contributed by atoms with Gasteiger partial charge in [-0.1, -0.05) is 6.92 Å². The van der Waals surface area contributed by atoms with Crippen LogP contribution in [-0.4, -0.2) is 78.5 Å². The summed E-state index contributed by atoms with van der Waals surface area (Å²) in [5.41, 5.74) is 0.489. The van der Waals surface area contributed by atoms with Crippen LogP contribution in [0.5, 0.6) is 0 Å². The van der Waals surface area contributed by atoms with Gasteiger partial charge < -0.3 is 10.1 Å². The van der Waals surface area contributed by atoms with E-state index in [-0.39, 0.29) is 21.0 Å². The number of rotatable bonds is 6. The third kappa shape index (κ3) is 4.12. The predicted molar refractivity (Wildman–Crippen MR) is 98.1 cm³/mol. The molecule has 148 valence electrons. The first-order chi connectivity index (χ1) is 12.2. The number of morpholine rings is 1. The lowest BCUT2D eigenvalue weighted by Crippen LogP contribution is -2.47. The lowest BCUT2D eigenvalue weighted by Gasteiger charge is -2.34. The predicted octanol–water partition coefficient (Wildman–Crippen LogP) is -0.617. The molecule has 2 aliphatic rings. The molecule has 0 aromatic carbocycles. The van der Waals surface area contributed by atoms with Crippen LogP contribution in [0.2, 0.25) is 0 Å². The zero-order valence-corrected chi connectivity index (χ0v) is 17.0.